The van der Waals surface area contributed by atoms with Crippen LogP contribution in [0.15, 0.2) is 18.2 Å². The summed E-state index contributed by atoms with van der Waals surface area (Å²) in [6, 6.07) is 2.62. The van der Waals surface area contributed by atoms with Crippen LogP contribution in [0.25, 0.3) is 0 Å². The lowest BCUT2D eigenvalue weighted by molar-refractivity contribution is -0.138. The maximum Gasteiger partial charge on any atom is 0.391 e. The fraction of sp³-hybridized carbons (Fsp3) is 0.364. The largest absolute Gasteiger partial charge is 0.506 e. The number of nitrogens with one attached hydrogen (secondary N) is 1. The number of rotatable bonds is 3. The van der Waals surface area contributed by atoms with Crippen LogP contribution in [0, 0.1) is 0 Å². The molecule has 0 aliphatic heterocycles. The minimum Gasteiger partial charge on any atom is -0.506 e. The highest BCUT2D eigenvalue weighted by Gasteiger charge is 2.30. The minimum atomic E-state index is -4.33. The highest BCUT2D eigenvalue weighted by molar-refractivity contribution is 6.32. The lowest BCUT2D eigenvalue weighted by Gasteiger charge is -2.15. The first kappa shape index (κ1) is 14.6. The van der Waals surface area contributed by atoms with Crippen molar-refractivity contribution >= 4 is 17.5 Å². The standard InChI is InChI=1S/C11H11ClF3NO2/c1-6(5-11(13,14)15)16-10(18)7-2-3-9(17)8(12)4-7/h2-4,6,17H,5H2,1H3,(H,16,18). The van der Waals surface area contributed by atoms with Gasteiger partial charge < -0.3 is 10.4 Å². The fourth-order valence-electron chi connectivity index (χ4n) is 1.35. The maximum atomic E-state index is 12.1. The van der Waals surface area contributed by atoms with Crippen LogP contribution >= 0.6 is 11.6 Å². The van der Waals surface area contributed by atoms with E-state index in [1.165, 1.54) is 25.1 Å². The van der Waals surface area contributed by atoms with Crippen molar-refractivity contribution in [2.24, 2.45) is 0 Å². The molecule has 0 fully saturated rings. The summed E-state index contributed by atoms with van der Waals surface area (Å²) >= 11 is 5.59. The topological polar surface area (TPSA) is 49.3 Å². The zero-order valence-corrected chi connectivity index (χ0v) is 10.1. The molecule has 1 aromatic carbocycles. The Bertz CT molecular complexity index is 448. The van der Waals surface area contributed by atoms with Gasteiger partial charge in [-0.25, -0.2) is 0 Å². The summed E-state index contributed by atoms with van der Waals surface area (Å²) in [5, 5.41) is 11.3. The number of carbonyl (C=O) groups is 1. The lowest BCUT2D eigenvalue weighted by atomic mass is 10.1. The van der Waals surface area contributed by atoms with Gasteiger partial charge in [0.2, 0.25) is 0 Å². The van der Waals surface area contributed by atoms with Crippen LogP contribution in [-0.4, -0.2) is 23.2 Å². The smallest absolute Gasteiger partial charge is 0.391 e. The average Bonchev–Trinajstić information content (AvgIpc) is 2.18. The fourth-order valence-corrected chi connectivity index (χ4v) is 1.53. The Hall–Kier alpha value is -1.43. The summed E-state index contributed by atoms with van der Waals surface area (Å²) in [7, 11) is 0. The Kier molecular flexibility index (Phi) is 4.45. The summed E-state index contributed by atoms with van der Waals surface area (Å²) < 4.78 is 36.2. The second-order valence-electron chi connectivity index (χ2n) is 3.86. The third-order valence-corrected chi connectivity index (χ3v) is 2.43. The van der Waals surface area contributed by atoms with Gasteiger partial charge in [0.05, 0.1) is 11.4 Å². The molecule has 18 heavy (non-hydrogen) atoms. The van der Waals surface area contributed by atoms with Gasteiger partial charge >= 0.3 is 6.18 Å². The SMILES string of the molecule is CC(CC(F)(F)F)NC(=O)c1ccc(O)c(Cl)c1. The first-order valence-corrected chi connectivity index (χ1v) is 5.43. The minimum absolute atomic E-state index is 0.0360. The second kappa shape index (κ2) is 5.48. The number of amides is 1. The monoisotopic (exact) mass is 281 g/mol. The van der Waals surface area contributed by atoms with E-state index in [4.69, 9.17) is 16.7 Å². The van der Waals surface area contributed by atoms with Gasteiger partial charge in [-0.1, -0.05) is 11.6 Å². The molecule has 3 nitrogen and oxygen atoms in total. The van der Waals surface area contributed by atoms with Crippen molar-refractivity contribution in [3.05, 3.63) is 28.8 Å². The van der Waals surface area contributed by atoms with Gasteiger partial charge in [-0.2, -0.15) is 13.2 Å². The van der Waals surface area contributed by atoms with E-state index in [1.807, 2.05) is 0 Å². The van der Waals surface area contributed by atoms with Crippen molar-refractivity contribution in [3.8, 4) is 5.75 Å². The third kappa shape index (κ3) is 4.44. The molecule has 7 heteroatoms. The Morgan fingerprint density at radius 2 is 2.11 bits per heavy atom. The van der Waals surface area contributed by atoms with Crippen LogP contribution in [0.1, 0.15) is 23.7 Å². The van der Waals surface area contributed by atoms with Gasteiger partial charge in [-0.3, -0.25) is 4.79 Å². The Morgan fingerprint density at radius 1 is 1.50 bits per heavy atom. The van der Waals surface area contributed by atoms with Gasteiger partial charge in [-0.15, -0.1) is 0 Å². The molecule has 2 N–H and O–H groups in total. The summed E-state index contributed by atoms with van der Waals surface area (Å²) in [5.41, 5.74) is 0.0897. The predicted octanol–water partition coefficient (Wildman–Crippen LogP) is 3.12. The van der Waals surface area contributed by atoms with Crippen LogP contribution in [0.4, 0.5) is 13.2 Å². The van der Waals surface area contributed by atoms with E-state index in [2.05, 4.69) is 5.32 Å². The molecule has 1 unspecified atom stereocenters. The number of halogens is 4. The van der Waals surface area contributed by atoms with Crippen molar-refractivity contribution in [2.45, 2.75) is 25.6 Å². The van der Waals surface area contributed by atoms with Gasteiger partial charge in [0.1, 0.15) is 5.75 Å². The molecule has 0 saturated heterocycles. The maximum absolute atomic E-state index is 12.1. The molecule has 0 aromatic heterocycles. The number of aromatic hydroxyl groups is 1. The highest BCUT2D eigenvalue weighted by atomic mass is 35.5. The summed E-state index contributed by atoms with van der Waals surface area (Å²) in [5.74, 6) is -0.870. The van der Waals surface area contributed by atoms with E-state index >= 15 is 0 Å². The van der Waals surface area contributed by atoms with Crippen molar-refractivity contribution < 1.29 is 23.1 Å². The molecular formula is C11H11ClF3NO2. The Balaban J connectivity index is 2.68. The molecule has 100 valence electrons. The average molecular weight is 282 g/mol. The third-order valence-electron chi connectivity index (χ3n) is 2.13. The van der Waals surface area contributed by atoms with E-state index in [9.17, 15) is 18.0 Å². The van der Waals surface area contributed by atoms with Gasteiger partial charge in [0.15, 0.2) is 0 Å². The summed E-state index contributed by atoms with van der Waals surface area (Å²) in [4.78, 5) is 11.6. The number of phenolic OH excluding ortho intramolecular Hbond substituents is 1. The van der Waals surface area contributed by atoms with E-state index in [0.717, 1.165) is 0 Å². The molecule has 1 rings (SSSR count). The van der Waals surface area contributed by atoms with Crippen LogP contribution in [-0.2, 0) is 0 Å². The van der Waals surface area contributed by atoms with Crippen molar-refractivity contribution in [1.29, 1.82) is 0 Å². The Morgan fingerprint density at radius 3 is 2.61 bits per heavy atom. The predicted molar refractivity (Wildman–Crippen MR) is 60.7 cm³/mol. The van der Waals surface area contributed by atoms with E-state index in [-0.39, 0.29) is 16.3 Å². The molecule has 0 aliphatic rings. The first-order valence-electron chi connectivity index (χ1n) is 5.05. The second-order valence-corrected chi connectivity index (χ2v) is 4.27. The molecule has 0 bridgehead atoms. The molecule has 0 aliphatic carbocycles. The normalized spacial score (nSPS) is 13.2. The van der Waals surface area contributed by atoms with E-state index < -0.39 is 24.5 Å². The van der Waals surface area contributed by atoms with Crippen molar-refractivity contribution in [1.82, 2.24) is 5.32 Å². The number of carbonyl (C=O) groups excluding carboxylic acids is 1. The molecule has 0 radical (unpaired) electrons. The van der Waals surface area contributed by atoms with Gasteiger partial charge in [0.25, 0.3) is 5.91 Å². The first-order chi connectivity index (χ1) is 8.19. The lowest BCUT2D eigenvalue weighted by Crippen LogP contribution is -2.35. The number of phenols is 1. The van der Waals surface area contributed by atoms with Crippen molar-refractivity contribution in [3.63, 3.8) is 0 Å². The van der Waals surface area contributed by atoms with E-state index in [1.54, 1.807) is 0 Å². The Labute approximate surface area is 107 Å². The van der Waals surface area contributed by atoms with Gasteiger partial charge in [-0.05, 0) is 25.1 Å². The molecule has 1 amide bonds. The molecular weight excluding hydrogens is 271 g/mol. The van der Waals surface area contributed by atoms with Crippen LogP contribution < -0.4 is 5.32 Å². The zero-order valence-electron chi connectivity index (χ0n) is 9.38. The van der Waals surface area contributed by atoms with Crippen LogP contribution in [0.2, 0.25) is 5.02 Å². The number of alkyl halides is 3. The number of hydrogen-bond donors (Lipinski definition) is 2. The summed E-state index contributed by atoms with van der Waals surface area (Å²) in [6.45, 7) is 1.26. The molecule has 1 aromatic rings. The van der Waals surface area contributed by atoms with Crippen LogP contribution in [0.5, 0.6) is 5.75 Å². The van der Waals surface area contributed by atoms with E-state index in [0.29, 0.717) is 0 Å². The molecule has 0 spiro atoms. The highest BCUT2D eigenvalue weighted by Crippen LogP contribution is 2.24. The molecule has 0 saturated carbocycles. The zero-order chi connectivity index (χ0) is 13.9. The number of hydrogen-bond acceptors (Lipinski definition) is 2. The van der Waals surface area contributed by atoms with Crippen LogP contribution in [0.3, 0.4) is 0 Å². The van der Waals surface area contributed by atoms with Crippen molar-refractivity contribution in [2.75, 3.05) is 0 Å². The summed E-state index contributed by atoms with van der Waals surface area (Å²) in [6.07, 6.45) is -5.44. The molecule has 0 heterocycles. The quantitative estimate of drug-likeness (QED) is 0.894. The number of benzene rings is 1. The van der Waals surface area contributed by atoms with Gasteiger partial charge in [0, 0.05) is 11.6 Å². The molecule has 1 atom stereocenters.